The Bertz CT molecular complexity index is 634. The molecule has 7 heteroatoms. The summed E-state index contributed by atoms with van der Waals surface area (Å²) in [7, 11) is -0.322. The van der Waals surface area contributed by atoms with Crippen LogP contribution in [0.25, 0.3) is 0 Å². The summed E-state index contributed by atoms with van der Waals surface area (Å²) in [6, 6.07) is 6.73. The lowest BCUT2D eigenvalue weighted by molar-refractivity contribution is 0.521. The second kappa shape index (κ2) is 6.06. The number of imidazole rings is 1. The number of nitrogens with one attached hydrogen (secondary N) is 2. The van der Waals surface area contributed by atoms with Crippen molar-refractivity contribution in [2.24, 2.45) is 0 Å². The van der Waals surface area contributed by atoms with Crippen molar-refractivity contribution < 1.29 is 8.42 Å². The zero-order valence-electron chi connectivity index (χ0n) is 11.5. The molecule has 0 saturated carbocycles. The molecule has 0 radical (unpaired) electrons. The molecule has 2 aromatic rings. The van der Waals surface area contributed by atoms with Crippen molar-refractivity contribution in [2.45, 2.75) is 11.3 Å². The smallest absolute Gasteiger partial charge is 0.242 e. The lowest BCUT2D eigenvalue weighted by Gasteiger charge is -2.12. The molecule has 0 saturated heterocycles. The van der Waals surface area contributed by atoms with E-state index in [1.54, 1.807) is 36.7 Å². The van der Waals surface area contributed by atoms with Crippen LogP contribution in [-0.4, -0.2) is 43.3 Å². The summed E-state index contributed by atoms with van der Waals surface area (Å²) in [5.74, 6) is 0.921. The van der Waals surface area contributed by atoms with Crippen LogP contribution in [0.5, 0.6) is 0 Å². The number of nitrogens with zero attached hydrogens (tertiary/aromatic N) is 2. The predicted molar refractivity (Wildman–Crippen MR) is 78.1 cm³/mol. The van der Waals surface area contributed by atoms with E-state index >= 15 is 0 Å². The van der Waals surface area contributed by atoms with Gasteiger partial charge in [-0.15, -0.1) is 0 Å². The van der Waals surface area contributed by atoms with Gasteiger partial charge in [-0.05, 0) is 24.3 Å². The molecule has 0 bridgehead atoms. The number of sulfonamides is 1. The molecule has 1 aromatic carbocycles. The lowest BCUT2D eigenvalue weighted by Crippen LogP contribution is -2.22. The normalized spacial score (nSPS) is 11.8. The van der Waals surface area contributed by atoms with E-state index in [9.17, 15) is 8.42 Å². The highest BCUT2D eigenvalue weighted by atomic mass is 32.2. The summed E-state index contributed by atoms with van der Waals surface area (Å²) in [5, 5.41) is 3.22. The molecule has 0 amide bonds. The maximum absolute atomic E-state index is 11.9. The van der Waals surface area contributed by atoms with Gasteiger partial charge in [0.05, 0.1) is 4.90 Å². The molecular formula is C13H18N4O2S. The van der Waals surface area contributed by atoms with Gasteiger partial charge >= 0.3 is 0 Å². The maximum atomic E-state index is 11.9. The van der Waals surface area contributed by atoms with Crippen molar-refractivity contribution >= 4 is 15.7 Å². The Morgan fingerprint density at radius 3 is 2.50 bits per heavy atom. The summed E-state index contributed by atoms with van der Waals surface area (Å²) in [6.45, 7) is 0.729. The Hall–Kier alpha value is -1.86. The predicted octanol–water partition coefficient (Wildman–Crippen LogP) is 1.31. The van der Waals surface area contributed by atoms with E-state index in [1.807, 2.05) is 0 Å². The fraction of sp³-hybridized carbons (Fsp3) is 0.308. The van der Waals surface area contributed by atoms with E-state index in [0.29, 0.717) is 4.90 Å². The van der Waals surface area contributed by atoms with Crippen LogP contribution in [0.4, 0.5) is 5.69 Å². The first kappa shape index (κ1) is 14.5. The van der Waals surface area contributed by atoms with Gasteiger partial charge in [0.15, 0.2) is 0 Å². The zero-order valence-corrected chi connectivity index (χ0v) is 12.3. The average Bonchev–Trinajstić information content (AvgIpc) is 2.92. The second-order valence-corrected chi connectivity index (χ2v) is 6.68. The van der Waals surface area contributed by atoms with Crippen LogP contribution < -0.4 is 5.32 Å². The van der Waals surface area contributed by atoms with Crippen molar-refractivity contribution in [3.05, 3.63) is 42.5 Å². The molecule has 1 aromatic heterocycles. The van der Waals surface area contributed by atoms with Crippen molar-refractivity contribution in [2.75, 3.05) is 26.0 Å². The largest absolute Gasteiger partial charge is 0.385 e. The molecule has 0 aliphatic heterocycles. The number of H-pyrrole nitrogens is 1. The van der Waals surface area contributed by atoms with Crippen molar-refractivity contribution in [1.29, 1.82) is 0 Å². The standard InChI is InChI=1S/C13H18N4O2S/c1-17(2)20(18,19)12-5-3-11(4-6-12)14-8-7-13-15-9-10-16-13/h3-6,9-10,14H,7-8H2,1-2H3,(H,15,16). The summed E-state index contributed by atoms with van der Waals surface area (Å²) in [5.41, 5.74) is 0.884. The SMILES string of the molecule is CN(C)S(=O)(=O)c1ccc(NCCc2ncc[nH]2)cc1. The van der Waals surface area contributed by atoms with Crippen LogP contribution in [0.15, 0.2) is 41.6 Å². The van der Waals surface area contributed by atoms with Crippen LogP contribution in [0.2, 0.25) is 0 Å². The molecule has 0 atom stereocenters. The third-order valence-electron chi connectivity index (χ3n) is 2.88. The van der Waals surface area contributed by atoms with E-state index in [1.165, 1.54) is 18.4 Å². The van der Waals surface area contributed by atoms with Crippen molar-refractivity contribution in [3.63, 3.8) is 0 Å². The van der Waals surface area contributed by atoms with E-state index in [4.69, 9.17) is 0 Å². The molecule has 0 fully saturated rings. The Labute approximate surface area is 118 Å². The van der Waals surface area contributed by atoms with E-state index in [2.05, 4.69) is 15.3 Å². The van der Waals surface area contributed by atoms with E-state index in [0.717, 1.165) is 24.5 Å². The number of aromatic amines is 1. The Kier molecular flexibility index (Phi) is 4.41. The number of anilines is 1. The van der Waals surface area contributed by atoms with Crippen LogP contribution in [0, 0.1) is 0 Å². The van der Waals surface area contributed by atoms with Gasteiger partial charge in [0.25, 0.3) is 0 Å². The number of hydrogen-bond acceptors (Lipinski definition) is 4. The minimum absolute atomic E-state index is 0.291. The van der Waals surface area contributed by atoms with Gasteiger partial charge in [0, 0.05) is 45.1 Å². The molecule has 6 nitrogen and oxygen atoms in total. The van der Waals surface area contributed by atoms with Gasteiger partial charge in [-0.3, -0.25) is 0 Å². The van der Waals surface area contributed by atoms with Gasteiger partial charge in [0.2, 0.25) is 10.0 Å². The topological polar surface area (TPSA) is 78.1 Å². The first-order chi connectivity index (χ1) is 9.50. The first-order valence-corrected chi connectivity index (χ1v) is 7.69. The fourth-order valence-electron chi connectivity index (χ4n) is 1.72. The molecule has 2 N–H and O–H groups in total. The van der Waals surface area contributed by atoms with Gasteiger partial charge in [-0.1, -0.05) is 0 Å². The highest BCUT2D eigenvalue weighted by molar-refractivity contribution is 7.89. The zero-order chi connectivity index (χ0) is 14.6. The highest BCUT2D eigenvalue weighted by Crippen LogP contribution is 2.16. The minimum atomic E-state index is -3.36. The number of benzene rings is 1. The van der Waals surface area contributed by atoms with Gasteiger partial charge < -0.3 is 10.3 Å². The number of hydrogen-bond donors (Lipinski definition) is 2. The molecule has 0 unspecified atom stereocenters. The quantitative estimate of drug-likeness (QED) is 0.842. The molecule has 0 aliphatic carbocycles. The molecule has 108 valence electrons. The number of aromatic nitrogens is 2. The van der Waals surface area contributed by atoms with Gasteiger partial charge in [-0.25, -0.2) is 17.7 Å². The maximum Gasteiger partial charge on any atom is 0.242 e. The van der Waals surface area contributed by atoms with Crippen LogP contribution in [0.3, 0.4) is 0 Å². The summed E-state index contributed by atoms with van der Waals surface area (Å²) >= 11 is 0. The Morgan fingerprint density at radius 2 is 1.95 bits per heavy atom. The average molecular weight is 294 g/mol. The number of rotatable bonds is 6. The van der Waals surface area contributed by atoms with Crippen LogP contribution in [-0.2, 0) is 16.4 Å². The van der Waals surface area contributed by atoms with Crippen molar-refractivity contribution in [1.82, 2.24) is 14.3 Å². The summed E-state index contributed by atoms with van der Waals surface area (Å²) in [4.78, 5) is 7.45. The third kappa shape index (κ3) is 3.37. The summed E-state index contributed by atoms with van der Waals surface area (Å²) in [6.07, 6.45) is 4.29. The van der Waals surface area contributed by atoms with E-state index in [-0.39, 0.29) is 0 Å². The third-order valence-corrected chi connectivity index (χ3v) is 4.71. The molecule has 20 heavy (non-hydrogen) atoms. The van der Waals surface area contributed by atoms with Gasteiger partial charge in [-0.2, -0.15) is 0 Å². The molecule has 0 spiro atoms. The van der Waals surface area contributed by atoms with Gasteiger partial charge in [0.1, 0.15) is 5.82 Å². The minimum Gasteiger partial charge on any atom is -0.385 e. The molecule has 0 aliphatic rings. The monoisotopic (exact) mass is 294 g/mol. The van der Waals surface area contributed by atoms with Crippen LogP contribution >= 0.6 is 0 Å². The molecule has 2 rings (SSSR count). The Balaban J connectivity index is 1.95. The fourth-order valence-corrected chi connectivity index (χ4v) is 2.62. The first-order valence-electron chi connectivity index (χ1n) is 6.25. The molecular weight excluding hydrogens is 276 g/mol. The van der Waals surface area contributed by atoms with Crippen molar-refractivity contribution in [3.8, 4) is 0 Å². The lowest BCUT2D eigenvalue weighted by atomic mass is 10.3. The molecule has 1 heterocycles. The van der Waals surface area contributed by atoms with E-state index < -0.39 is 10.0 Å². The Morgan fingerprint density at radius 1 is 1.25 bits per heavy atom. The highest BCUT2D eigenvalue weighted by Gasteiger charge is 2.16. The van der Waals surface area contributed by atoms with Crippen LogP contribution in [0.1, 0.15) is 5.82 Å². The second-order valence-electron chi connectivity index (χ2n) is 4.52. The summed E-state index contributed by atoms with van der Waals surface area (Å²) < 4.78 is 25.0.